The lowest BCUT2D eigenvalue weighted by Crippen LogP contribution is -2.35. The second-order valence-electron chi connectivity index (χ2n) is 6.73. The Morgan fingerprint density at radius 2 is 2.22 bits per heavy atom. The highest BCUT2D eigenvalue weighted by atomic mass is 16.3. The van der Waals surface area contributed by atoms with E-state index in [1.807, 2.05) is 18.5 Å². The number of hydrogen-bond acceptors (Lipinski definition) is 7. The Morgan fingerprint density at radius 1 is 1.37 bits per heavy atom. The average molecular weight is 366 g/mol. The molecule has 0 saturated carbocycles. The SMILES string of the molecule is CNc1ncc(CN2CCC[C@H](c3nc(-c4ccco4)cc(=O)[nH]3)C2)cn1. The summed E-state index contributed by atoms with van der Waals surface area (Å²) < 4.78 is 5.39. The standard InChI is InChI=1S/C19H22N6O2/c1-20-19-21-9-13(10-22-19)11-25-6-2-4-14(12-25)18-23-15(8-17(26)24-18)16-5-3-7-27-16/h3,5,7-10,14H,2,4,6,11-12H2,1H3,(H,20,21,22)(H,23,24,26)/t14-/m0/s1. The molecule has 8 nitrogen and oxygen atoms in total. The van der Waals surface area contributed by atoms with Gasteiger partial charge in [0.2, 0.25) is 5.95 Å². The summed E-state index contributed by atoms with van der Waals surface area (Å²) in [5.41, 5.74) is 1.49. The molecule has 0 unspecified atom stereocenters. The molecule has 1 atom stereocenters. The van der Waals surface area contributed by atoms with Crippen molar-refractivity contribution < 1.29 is 4.42 Å². The molecule has 27 heavy (non-hydrogen) atoms. The van der Waals surface area contributed by atoms with Crippen molar-refractivity contribution in [2.45, 2.75) is 25.3 Å². The van der Waals surface area contributed by atoms with Gasteiger partial charge < -0.3 is 14.7 Å². The van der Waals surface area contributed by atoms with Crippen molar-refractivity contribution in [3.05, 3.63) is 58.6 Å². The van der Waals surface area contributed by atoms with Gasteiger partial charge in [-0.3, -0.25) is 9.69 Å². The molecular formula is C19H22N6O2. The van der Waals surface area contributed by atoms with E-state index in [1.54, 1.807) is 19.4 Å². The third kappa shape index (κ3) is 4.06. The molecule has 0 radical (unpaired) electrons. The van der Waals surface area contributed by atoms with Crippen molar-refractivity contribution in [2.24, 2.45) is 0 Å². The summed E-state index contributed by atoms with van der Waals surface area (Å²) in [6.45, 7) is 2.62. The van der Waals surface area contributed by atoms with Crippen LogP contribution in [0.15, 0.2) is 46.1 Å². The minimum absolute atomic E-state index is 0.153. The quantitative estimate of drug-likeness (QED) is 0.714. The number of hydrogen-bond donors (Lipinski definition) is 2. The molecule has 8 heteroatoms. The number of piperidine rings is 1. The lowest BCUT2D eigenvalue weighted by molar-refractivity contribution is 0.196. The van der Waals surface area contributed by atoms with Crippen molar-refractivity contribution >= 4 is 5.95 Å². The maximum atomic E-state index is 12.1. The molecule has 4 heterocycles. The number of H-pyrrole nitrogens is 1. The molecule has 1 aliphatic heterocycles. The van der Waals surface area contributed by atoms with E-state index in [0.29, 0.717) is 17.4 Å². The molecule has 1 aliphatic rings. The van der Waals surface area contributed by atoms with Gasteiger partial charge in [-0.15, -0.1) is 0 Å². The van der Waals surface area contributed by atoms with Gasteiger partial charge in [-0.2, -0.15) is 0 Å². The molecule has 1 saturated heterocycles. The Bertz CT molecular complexity index is 936. The van der Waals surface area contributed by atoms with Crippen LogP contribution in [0, 0.1) is 0 Å². The number of aromatic amines is 1. The molecule has 1 fully saturated rings. The van der Waals surface area contributed by atoms with Gasteiger partial charge in [0, 0.05) is 50.1 Å². The number of likely N-dealkylation sites (tertiary alicyclic amines) is 1. The van der Waals surface area contributed by atoms with Crippen LogP contribution in [-0.4, -0.2) is 45.0 Å². The van der Waals surface area contributed by atoms with Crippen molar-refractivity contribution in [1.29, 1.82) is 0 Å². The molecule has 0 aromatic carbocycles. The highest BCUT2D eigenvalue weighted by Gasteiger charge is 2.24. The Hall–Kier alpha value is -3.00. The number of rotatable bonds is 5. The van der Waals surface area contributed by atoms with Gasteiger partial charge in [0.15, 0.2) is 5.76 Å². The normalized spacial score (nSPS) is 17.7. The van der Waals surface area contributed by atoms with E-state index < -0.39 is 0 Å². The minimum Gasteiger partial charge on any atom is -0.463 e. The van der Waals surface area contributed by atoms with E-state index in [0.717, 1.165) is 43.9 Å². The molecule has 2 N–H and O–H groups in total. The summed E-state index contributed by atoms with van der Waals surface area (Å²) >= 11 is 0. The van der Waals surface area contributed by atoms with Crippen molar-refractivity contribution in [2.75, 3.05) is 25.5 Å². The van der Waals surface area contributed by atoms with Crippen LogP contribution in [0.3, 0.4) is 0 Å². The van der Waals surface area contributed by atoms with Gasteiger partial charge in [0.25, 0.3) is 5.56 Å². The van der Waals surface area contributed by atoms with Crippen LogP contribution < -0.4 is 10.9 Å². The molecule has 3 aromatic rings. The summed E-state index contributed by atoms with van der Waals surface area (Å²) in [5, 5.41) is 2.92. The maximum absolute atomic E-state index is 12.1. The van der Waals surface area contributed by atoms with Gasteiger partial charge in [-0.05, 0) is 31.5 Å². The van der Waals surface area contributed by atoms with Crippen molar-refractivity contribution in [3.8, 4) is 11.5 Å². The summed E-state index contributed by atoms with van der Waals surface area (Å²) in [6, 6.07) is 5.08. The summed E-state index contributed by atoms with van der Waals surface area (Å²) in [6.07, 6.45) is 7.33. The van der Waals surface area contributed by atoms with E-state index in [-0.39, 0.29) is 11.5 Å². The first-order valence-corrected chi connectivity index (χ1v) is 9.07. The summed E-state index contributed by atoms with van der Waals surface area (Å²) in [4.78, 5) is 30.6. The smallest absolute Gasteiger partial charge is 0.251 e. The Morgan fingerprint density at radius 3 is 2.96 bits per heavy atom. The van der Waals surface area contributed by atoms with Crippen molar-refractivity contribution in [1.82, 2.24) is 24.8 Å². The maximum Gasteiger partial charge on any atom is 0.251 e. The van der Waals surface area contributed by atoms with E-state index >= 15 is 0 Å². The van der Waals surface area contributed by atoms with Gasteiger partial charge in [-0.25, -0.2) is 15.0 Å². The number of aromatic nitrogens is 4. The fraction of sp³-hybridized carbons (Fsp3) is 0.368. The second kappa shape index (κ2) is 7.71. The fourth-order valence-electron chi connectivity index (χ4n) is 3.47. The third-order valence-electron chi connectivity index (χ3n) is 4.76. The lowest BCUT2D eigenvalue weighted by Gasteiger charge is -2.32. The third-order valence-corrected chi connectivity index (χ3v) is 4.76. The molecule has 0 spiro atoms. The zero-order valence-corrected chi connectivity index (χ0v) is 15.2. The number of nitrogens with zero attached hydrogens (tertiary/aromatic N) is 4. The van der Waals surface area contributed by atoms with Crippen LogP contribution >= 0.6 is 0 Å². The summed E-state index contributed by atoms with van der Waals surface area (Å²) in [5.74, 6) is 2.13. The fourth-order valence-corrected chi connectivity index (χ4v) is 3.47. The van der Waals surface area contributed by atoms with E-state index in [4.69, 9.17) is 4.42 Å². The first-order valence-electron chi connectivity index (χ1n) is 9.07. The number of nitrogens with one attached hydrogen (secondary N) is 2. The second-order valence-corrected chi connectivity index (χ2v) is 6.73. The first kappa shape index (κ1) is 17.4. The predicted molar refractivity (Wildman–Crippen MR) is 101 cm³/mol. The molecular weight excluding hydrogens is 344 g/mol. The van der Waals surface area contributed by atoms with E-state index in [9.17, 15) is 4.79 Å². The highest BCUT2D eigenvalue weighted by Crippen LogP contribution is 2.26. The van der Waals surface area contributed by atoms with Gasteiger partial charge in [0.05, 0.1) is 6.26 Å². The molecule has 0 amide bonds. The van der Waals surface area contributed by atoms with Crippen molar-refractivity contribution in [3.63, 3.8) is 0 Å². The van der Waals surface area contributed by atoms with Crippen LogP contribution in [0.2, 0.25) is 0 Å². The first-order chi connectivity index (χ1) is 13.2. The Labute approximate surface area is 156 Å². The zero-order chi connectivity index (χ0) is 18.6. The minimum atomic E-state index is -0.153. The molecule has 140 valence electrons. The monoisotopic (exact) mass is 366 g/mol. The lowest BCUT2D eigenvalue weighted by atomic mass is 9.96. The molecule has 3 aromatic heterocycles. The zero-order valence-electron chi connectivity index (χ0n) is 15.2. The van der Waals surface area contributed by atoms with E-state index in [2.05, 4.69) is 30.2 Å². The molecule has 0 aliphatic carbocycles. The molecule has 0 bridgehead atoms. The van der Waals surface area contributed by atoms with E-state index in [1.165, 1.54) is 6.07 Å². The van der Waals surface area contributed by atoms with Crippen LogP contribution in [0.5, 0.6) is 0 Å². The van der Waals surface area contributed by atoms with Crippen LogP contribution in [0.4, 0.5) is 5.95 Å². The Balaban J connectivity index is 1.50. The summed E-state index contributed by atoms with van der Waals surface area (Å²) in [7, 11) is 1.80. The van der Waals surface area contributed by atoms with Gasteiger partial charge >= 0.3 is 0 Å². The predicted octanol–water partition coefficient (Wildman–Crippen LogP) is 2.24. The topological polar surface area (TPSA) is 99.9 Å². The van der Waals surface area contributed by atoms with Crippen LogP contribution in [0.1, 0.15) is 30.1 Å². The van der Waals surface area contributed by atoms with Gasteiger partial charge in [0.1, 0.15) is 11.5 Å². The number of furan rings is 1. The molecule has 4 rings (SSSR count). The highest BCUT2D eigenvalue weighted by molar-refractivity contribution is 5.50. The average Bonchev–Trinajstić information content (AvgIpc) is 3.23. The van der Waals surface area contributed by atoms with Crippen LogP contribution in [-0.2, 0) is 6.54 Å². The largest absolute Gasteiger partial charge is 0.463 e. The van der Waals surface area contributed by atoms with Gasteiger partial charge in [-0.1, -0.05) is 0 Å². The Kier molecular flexibility index (Phi) is 4.97. The number of anilines is 1. The van der Waals surface area contributed by atoms with Crippen LogP contribution in [0.25, 0.3) is 11.5 Å².